The standard InChI is InChI=1S/C16H18N2O4/c1-5-10-17(15(21)22-16(2,3)4)18-13(19)11-8-6-7-9-12(11)14(18)20/h5-9H,1,10H2,2-4H3. The molecule has 1 aliphatic heterocycles. The summed E-state index contributed by atoms with van der Waals surface area (Å²) in [5.74, 6) is -1.10. The van der Waals surface area contributed by atoms with Crippen LogP contribution in [0, 0.1) is 0 Å². The lowest BCUT2D eigenvalue weighted by Crippen LogP contribution is -2.51. The smallest absolute Gasteiger partial charge is 0.430 e. The monoisotopic (exact) mass is 302 g/mol. The second-order valence-electron chi connectivity index (χ2n) is 5.82. The molecule has 2 rings (SSSR count). The van der Waals surface area contributed by atoms with Gasteiger partial charge in [-0.05, 0) is 32.9 Å². The first-order chi connectivity index (χ1) is 10.3. The predicted octanol–water partition coefficient (Wildman–Crippen LogP) is 2.62. The molecule has 6 heteroatoms. The van der Waals surface area contributed by atoms with Gasteiger partial charge in [-0.3, -0.25) is 9.59 Å². The van der Waals surface area contributed by atoms with Gasteiger partial charge in [0.1, 0.15) is 5.60 Å². The molecule has 0 bridgehead atoms. The van der Waals surface area contributed by atoms with Gasteiger partial charge in [-0.15, -0.1) is 6.58 Å². The third-order valence-corrected chi connectivity index (χ3v) is 2.92. The summed E-state index contributed by atoms with van der Waals surface area (Å²) in [5, 5.41) is 1.77. The van der Waals surface area contributed by atoms with E-state index < -0.39 is 23.5 Å². The molecule has 0 spiro atoms. The summed E-state index contributed by atoms with van der Waals surface area (Å²) >= 11 is 0. The minimum absolute atomic E-state index is 0.0135. The van der Waals surface area contributed by atoms with E-state index in [0.717, 1.165) is 10.0 Å². The number of imide groups is 1. The van der Waals surface area contributed by atoms with Crippen LogP contribution in [0.15, 0.2) is 36.9 Å². The molecule has 1 heterocycles. The van der Waals surface area contributed by atoms with Crippen LogP contribution in [0.5, 0.6) is 0 Å². The maximum atomic E-state index is 12.4. The van der Waals surface area contributed by atoms with Gasteiger partial charge >= 0.3 is 6.09 Å². The summed E-state index contributed by atoms with van der Waals surface area (Å²) in [5.41, 5.74) is -0.204. The zero-order valence-electron chi connectivity index (χ0n) is 12.8. The van der Waals surface area contributed by atoms with Crippen LogP contribution < -0.4 is 0 Å². The molecular weight excluding hydrogens is 284 g/mol. The number of hydrogen-bond acceptors (Lipinski definition) is 4. The molecule has 1 aliphatic rings. The lowest BCUT2D eigenvalue weighted by atomic mass is 10.1. The van der Waals surface area contributed by atoms with E-state index in [0.29, 0.717) is 0 Å². The zero-order chi connectivity index (χ0) is 16.5. The highest BCUT2D eigenvalue weighted by atomic mass is 16.6. The first-order valence-corrected chi connectivity index (χ1v) is 6.85. The van der Waals surface area contributed by atoms with Gasteiger partial charge < -0.3 is 4.74 Å². The Balaban J connectivity index is 2.35. The summed E-state index contributed by atoms with van der Waals surface area (Å²) in [4.78, 5) is 37.1. The number of hydrogen-bond donors (Lipinski definition) is 0. The molecule has 0 atom stereocenters. The lowest BCUT2D eigenvalue weighted by molar-refractivity contribution is -0.0245. The Morgan fingerprint density at radius 2 is 1.73 bits per heavy atom. The molecule has 1 aromatic rings. The highest BCUT2D eigenvalue weighted by Gasteiger charge is 2.42. The fraction of sp³-hybridized carbons (Fsp3) is 0.312. The average Bonchev–Trinajstić information content (AvgIpc) is 2.67. The molecule has 22 heavy (non-hydrogen) atoms. The van der Waals surface area contributed by atoms with Crippen molar-refractivity contribution in [2.24, 2.45) is 0 Å². The molecule has 116 valence electrons. The summed E-state index contributed by atoms with van der Waals surface area (Å²) in [7, 11) is 0. The van der Waals surface area contributed by atoms with E-state index in [1.807, 2.05) is 0 Å². The molecule has 0 radical (unpaired) electrons. The van der Waals surface area contributed by atoms with Crippen molar-refractivity contribution in [1.82, 2.24) is 10.0 Å². The highest BCUT2D eigenvalue weighted by Crippen LogP contribution is 2.25. The number of nitrogens with zero attached hydrogens (tertiary/aromatic N) is 2. The summed E-state index contributed by atoms with van der Waals surface area (Å²) < 4.78 is 5.25. The van der Waals surface area contributed by atoms with Gasteiger partial charge in [0.05, 0.1) is 17.7 Å². The number of rotatable bonds is 3. The molecule has 6 nitrogen and oxygen atoms in total. The number of carbonyl (C=O) groups excluding carboxylic acids is 3. The molecule has 1 aromatic carbocycles. The molecule has 3 amide bonds. The van der Waals surface area contributed by atoms with Crippen LogP contribution in [0.1, 0.15) is 41.5 Å². The van der Waals surface area contributed by atoms with Crippen molar-refractivity contribution in [1.29, 1.82) is 0 Å². The summed E-state index contributed by atoms with van der Waals surface area (Å²) in [6, 6.07) is 6.44. The maximum Gasteiger partial charge on any atom is 0.430 e. The van der Waals surface area contributed by atoms with E-state index in [2.05, 4.69) is 6.58 Å². The Morgan fingerprint density at radius 1 is 1.23 bits per heavy atom. The van der Waals surface area contributed by atoms with Gasteiger partial charge in [0.25, 0.3) is 11.8 Å². The largest absolute Gasteiger partial charge is 0.442 e. The topological polar surface area (TPSA) is 66.9 Å². The van der Waals surface area contributed by atoms with Crippen LogP contribution >= 0.6 is 0 Å². The van der Waals surface area contributed by atoms with Crippen LogP contribution in [-0.4, -0.2) is 40.1 Å². The number of fused-ring (bicyclic) bond motifs is 1. The first kappa shape index (κ1) is 15.8. The fourth-order valence-electron chi connectivity index (χ4n) is 2.07. The van der Waals surface area contributed by atoms with Crippen molar-refractivity contribution in [3.05, 3.63) is 48.0 Å². The van der Waals surface area contributed by atoms with E-state index in [9.17, 15) is 14.4 Å². The van der Waals surface area contributed by atoms with E-state index in [1.165, 1.54) is 6.08 Å². The Bertz CT molecular complexity index is 611. The zero-order valence-corrected chi connectivity index (χ0v) is 12.8. The normalized spacial score (nSPS) is 13.9. The van der Waals surface area contributed by atoms with E-state index in [-0.39, 0.29) is 17.7 Å². The number of hydrazine groups is 1. The lowest BCUT2D eigenvalue weighted by Gasteiger charge is -2.31. The molecule has 0 aliphatic carbocycles. The van der Waals surface area contributed by atoms with Crippen molar-refractivity contribution in [3.63, 3.8) is 0 Å². The van der Waals surface area contributed by atoms with Gasteiger partial charge in [-0.2, -0.15) is 5.01 Å². The SMILES string of the molecule is C=CCN(C(=O)OC(C)(C)C)N1C(=O)c2ccccc2C1=O. The van der Waals surface area contributed by atoms with Crippen molar-refractivity contribution in [2.45, 2.75) is 26.4 Å². The Kier molecular flexibility index (Phi) is 4.03. The molecule has 0 fully saturated rings. The maximum absolute atomic E-state index is 12.4. The van der Waals surface area contributed by atoms with Crippen LogP contribution in [0.3, 0.4) is 0 Å². The number of amides is 3. The fourth-order valence-corrected chi connectivity index (χ4v) is 2.07. The summed E-state index contributed by atoms with van der Waals surface area (Å²) in [6.07, 6.45) is 0.648. The number of carbonyl (C=O) groups is 3. The highest BCUT2D eigenvalue weighted by molar-refractivity contribution is 6.21. The van der Waals surface area contributed by atoms with Crippen molar-refractivity contribution >= 4 is 17.9 Å². The second-order valence-corrected chi connectivity index (χ2v) is 5.82. The Morgan fingerprint density at radius 3 is 2.14 bits per heavy atom. The first-order valence-electron chi connectivity index (χ1n) is 6.85. The minimum Gasteiger partial charge on any atom is -0.442 e. The van der Waals surface area contributed by atoms with Gasteiger partial charge in [-0.25, -0.2) is 9.80 Å². The minimum atomic E-state index is -0.776. The predicted molar refractivity (Wildman–Crippen MR) is 80.1 cm³/mol. The molecule has 0 saturated carbocycles. The van der Waals surface area contributed by atoms with Gasteiger partial charge in [-0.1, -0.05) is 18.2 Å². The number of benzene rings is 1. The van der Waals surface area contributed by atoms with Crippen LogP contribution in [0.25, 0.3) is 0 Å². The average molecular weight is 302 g/mol. The van der Waals surface area contributed by atoms with Crippen LogP contribution in [-0.2, 0) is 4.74 Å². The second kappa shape index (κ2) is 5.63. The van der Waals surface area contributed by atoms with E-state index >= 15 is 0 Å². The third-order valence-electron chi connectivity index (χ3n) is 2.92. The Hall–Kier alpha value is -2.63. The molecular formula is C16H18N2O4. The number of ether oxygens (including phenoxy) is 1. The van der Waals surface area contributed by atoms with Gasteiger partial charge in [0.2, 0.25) is 0 Å². The Labute approximate surface area is 128 Å². The van der Waals surface area contributed by atoms with Gasteiger partial charge in [0, 0.05) is 0 Å². The van der Waals surface area contributed by atoms with Crippen molar-refractivity contribution in [2.75, 3.05) is 6.54 Å². The van der Waals surface area contributed by atoms with Crippen molar-refractivity contribution < 1.29 is 19.1 Å². The van der Waals surface area contributed by atoms with Crippen molar-refractivity contribution in [3.8, 4) is 0 Å². The van der Waals surface area contributed by atoms with Gasteiger partial charge in [0.15, 0.2) is 0 Å². The molecule has 0 aromatic heterocycles. The molecule has 0 N–H and O–H groups in total. The van der Waals surface area contributed by atoms with E-state index in [1.54, 1.807) is 45.0 Å². The van der Waals surface area contributed by atoms with E-state index in [4.69, 9.17) is 4.74 Å². The summed E-state index contributed by atoms with van der Waals surface area (Å²) in [6.45, 7) is 8.66. The quantitative estimate of drug-likeness (QED) is 0.636. The molecule has 0 saturated heterocycles. The molecule has 0 unspecified atom stereocenters. The third kappa shape index (κ3) is 2.86. The van der Waals surface area contributed by atoms with Crippen LogP contribution in [0.4, 0.5) is 4.79 Å². The van der Waals surface area contributed by atoms with Crippen LogP contribution in [0.2, 0.25) is 0 Å².